The molecular formula is C14H19BrN4O. The Labute approximate surface area is 127 Å². The van der Waals surface area contributed by atoms with Gasteiger partial charge in [-0.3, -0.25) is 16.0 Å². The Kier molecular flexibility index (Phi) is 4.80. The van der Waals surface area contributed by atoms with Crippen LogP contribution in [0.2, 0.25) is 0 Å². The average molecular weight is 339 g/mol. The minimum Gasteiger partial charge on any atom is -0.496 e. The molecule has 1 aromatic carbocycles. The maximum absolute atomic E-state index is 5.70. The third-order valence-electron chi connectivity index (χ3n) is 3.51. The molecule has 0 amide bonds. The van der Waals surface area contributed by atoms with E-state index in [1.165, 1.54) is 5.56 Å². The second-order valence-electron chi connectivity index (χ2n) is 4.70. The number of methoxy groups -OCH3 is 1. The molecule has 2 aromatic rings. The van der Waals surface area contributed by atoms with E-state index >= 15 is 0 Å². The van der Waals surface area contributed by atoms with Crippen LogP contribution in [0, 0.1) is 6.92 Å². The van der Waals surface area contributed by atoms with E-state index in [-0.39, 0.29) is 6.04 Å². The van der Waals surface area contributed by atoms with Crippen LogP contribution in [0.1, 0.15) is 22.9 Å². The van der Waals surface area contributed by atoms with E-state index in [1.807, 2.05) is 37.0 Å². The van der Waals surface area contributed by atoms with Crippen LogP contribution in [0.3, 0.4) is 0 Å². The van der Waals surface area contributed by atoms with Gasteiger partial charge in [0.2, 0.25) is 0 Å². The quantitative estimate of drug-likeness (QED) is 0.648. The van der Waals surface area contributed by atoms with Crippen molar-refractivity contribution in [3.8, 4) is 5.75 Å². The summed E-state index contributed by atoms with van der Waals surface area (Å²) in [5.41, 5.74) is 6.26. The molecule has 1 aromatic heterocycles. The summed E-state index contributed by atoms with van der Waals surface area (Å²) in [6.45, 7) is 2.04. The predicted molar refractivity (Wildman–Crippen MR) is 82.4 cm³/mol. The van der Waals surface area contributed by atoms with Gasteiger partial charge in [0.15, 0.2) is 0 Å². The minimum atomic E-state index is 0.0315. The zero-order chi connectivity index (χ0) is 14.7. The van der Waals surface area contributed by atoms with Gasteiger partial charge in [-0.1, -0.05) is 6.07 Å². The Morgan fingerprint density at radius 3 is 2.75 bits per heavy atom. The standard InChI is InChI=1S/C14H19BrN4O/c1-9-11(8-17-19(9)2)13(18-16)7-10-4-5-14(20-3)12(15)6-10/h4-6,8,13,18H,7,16H2,1-3H3. The molecule has 0 bridgehead atoms. The summed E-state index contributed by atoms with van der Waals surface area (Å²) >= 11 is 3.50. The van der Waals surface area contributed by atoms with Gasteiger partial charge >= 0.3 is 0 Å². The Bertz CT molecular complexity index is 597. The lowest BCUT2D eigenvalue weighted by atomic mass is 10.00. The number of nitrogens with two attached hydrogens (primary N) is 1. The molecular weight excluding hydrogens is 320 g/mol. The first-order chi connectivity index (χ1) is 9.56. The van der Waals surface area contributed by atoms with Crippen molar-refractivity contribution in [3.05, 3.63) is 45.7 Å². The Morgan fingerprint density at radius 1 is 1.50 bits per heavy atom. The monoisotopic (exact) mass is 338 g/mol. The number of rotatable bonds is 5. The second-order valence-corrected chi connectivity index (χ2v) is 5.56. The lowest BCUT2D eigenvalue weighted by Crippen LogP contribution is -2.30. The first kappa shape index (κ1) is 15.0. The number of aryl methyl sites for hydroxylation is 1. The lowest BCUT2D eigenvalue weighted by molar-refractivity contribution is 0.412. The number of aromatic nitrogens is 2. The van der Waals surface area contributed by atoms with Crippen LogP contribution in [-0.4, -0.2) is 16.9 Å². The summed E-state index contributed by atoms with van der Waals surface area (Å²) < 4.78 is 8.03. The third-order valence-corrected chi connectivity index (χ3v) is 4.13. The Hall–Kier alpha value is -1.37. The maximum Gasteiger partial charge on any atom is 0.133 e. The van der Waals surface area contributed by atoms with E-state index in [0.717, 1.165) is 27.9 Å². The van der Waals surface area contributed by atoms with Crippen LogP contribution in [0.5, 0.6) is 5.75 Å². The van der Waals surface area contributed by atoms with Crippen molar-refractivity contribution < 1.29 is 4.74 Å². The first-order valence-electron chi connectivity index (χ1n) is 6.33. The van der Waals surface area contributed by atoms with Crippen molar-refractivity contribution in [2.24, 2.45) is 12.9 Å². The van der Waals surface area contributed by atoms with E-state index in [9.17, 15) is 0 Å². The fraction of sp³-hybridized carbons (Fsp3) is 0.357. The molecule has 1 heterocycles. The summed E-state index contributed by atoms with van der Waals surface area (Å²) in [5.74, 6) is 6.52. The molecule has 0 aliphatic heterocycles. The molecule has 1 unspecified atom stereocenters. The second kappa shape index (κ2) is 6.39. The SMILES string of the molecule is COc1ccc(CC(NN)c2cnn(C)c2C)cc1Br. The largest absolute Gasteiger partial charge is 0.496 e. The summed E-state index contributed by atoms with van der Waals surface area (Å²) in [6, 6.07) is 6.07. The summed E-state index contributed by atoms with van der Waals surface area (Å²) in [7, 11) is 3.58. The highest BCUT2D eigenvalue weighted by atomic mass is 79.9. The maximum atomic E-state index is 5.70. The molecule has 1 atom stereocenters. The lowest BCUT2D eigenvalue weighted by Gasteiger charge is -2.16. The van der Waals surface area contributed by atoms with Gasteiger partial charge < -0.3 is 4.74 Å². The van der Waals surface area contributed by atoms with Crippen molar-refractivity contribution in [2.45, 2.75) is 19.4 Å². The predicted octanol–water partition coefficient (Wildman–Crippen LogP) is 2.25. The number of hydrogen-bond donors (Lipinski definition) is 2. The minimum absolute atomic E-state index is 0.0315. The molecule has 0 radical (unpaired) electrons. The van der Waals surface area contributed by atoms with E-state index in [0.29, 0.717) is 0 Å². The molecule has 5 nitrogen and oxygen atoms in total. The average Bonchev–Trinajstić information content (AvgIpc) is 2.77. The molecule has 3 N–H and O–H groups in total. The van der Waals surface area contributed by atoms with Crippen molar-refractivity contribution >= 4 is 15.9 Å². The summed E-state index contributed by atoms with van der Waals surface area (Å²) in [6.07, 6.45) is 2.64. The van der Waals surface area contributed by atoms with Crippen molar-refractivity contribution in [1.29, 1.82) is 0 Å². The van der Waals surface area contributed by atoms with Gasteiger partial charge in [-0.15, -0.1) is 0 Å². The van der Waals surface area contributed by atoms with Gasteiger partial charge in [0.05, 0.1) is 23.8 Å². The van der Waals surface area contributed by atoms with Gasteiger partial charge in [0.25, 0.3) is 0 Å². The van der Waals surface area contributed by atoms with Crippen molar-refractivity contribution in [3.63, 3.8) is 0 Å². The zero-order valence-corrected chi connectivity index (χ0v) is 13.4. The topological polar surface area (TPSA) is 65.1 Å². The smallest absolute Gasteiger partial charge is 0.133 e. The van der Waals surface area contributed by atoms with Crippen LogP contribution in [0.4, 0.5) is 0 Å². The normalized spacial score (nSPS) is 12.4. The summed E-state index contributed by atoms with van der Waals surface area (Å²) in [4.78, 5) is 0. The number of hydrogen-bond acceptors (Lipinski definition) is 4. The molecule has 20 heavy (non-hydrogen) atoms. The number of halogens is 1. The number of nitrogens with zero attached hydrogens (tertiary/aromatic N) is 2. The molecule has 0 saturated carbocycles. The first-order valence-corrected chi connectivity index (χ1v) is 7.13. The fourth-order valence-corrected chi connectivity index (χ4v) is 2.78. The van der Waals surface area contributed by atoms with E-state index in [4.69, 9.17) is 10.6 Å². The van der Waals surface area contributed by atoms with E-state index < -0.39 is 0 Å². The number of nitrogens with one attached hydrogen (secondary N) is 1. The van der Waals surface area contributed by atoms with Crippen LogP contribution >= 0.6 is 15.9 Å². The van der Waals surface area contributed by atoms with Crippen LogP contribution in [-0.2, 0) is 13.5 Å². The number of ether oxygens (including phenoxy) is 1. The highest BCUT2D eigenvalue weighted by Crippen LogP contribution is 2.28. The van der Waals surface area contributed by atoms with Crippen LogP contribution in [0.15, 0.2) is 28.9 Å². The molecule has 0 spiro atoms. The number of benzene rings is 1. The highest BCUT2D eigenvalue weighted by Gasteiger charge is 2.16. The van der Waals surface area contributed by atoms with Gasteiger partial charge in [-0.25, -0.2) is 0 Å². The van der Waals surface area contributed by atoms with Crippen molar-refractivity contribution in [1.82, 2.24) is 15.2 Å². The highest BCUT2D eigenvalue weighted by molar-refractivity contribution is 9.10. The van der Waals surface area contributed by atoms with Gasteiger partial charge in [0, 0.05) is 18.3 Å². The van der Waals surface area contributed by atoms with Gasteiger partial charge in [0.1, 0.15) is 5.75 Å². The molecule has 2 rings (SSSR count). The molecule has 108 valence electrons. The van der Waals surface area contributed by atoms with Crippen LogP contribution in [0.25, 0.3) is 0 Å². The molecule has 6 heteroatoms. The van der Waals surface area contributed by atoms with E-state index in [1.54, 1.807) is 7.11 Å². The van der Waals surface area contributed by atoms with Crippen molar-refractivity contribution in [2.75, 3.05) is 7.11 Å². The zero-order valence-electron chi connectivity index (χ0n) is 11.9. The van der Waals surface area contributed by atoms with Gasteiger partial charge in [-0.2, -0.15) is 5.10 Å². The molecule has 0 fully saturated rings. The van der Waals surface area contributed by atoms with Gasteiger partial charge in [-0.05, 0) is 47.0 Å². The fourth-order valence-electron chi connectivity index (χ4n) is 2.19. The molecule has 0 aliphatic carbocycles. The molecule has 0 aliphatic rings. The number of hydrazine groups is 1. The van der Waals surface area contributed by atoms with E-state index in [2.05, 4.69) is 32.5 Å². The Morgan fingerprint density at radius 2 is 2.25 bits per heavy atom. The molecule has 0 saturated heterocycles. The van der Waals surface area contributed by atoms with Crippen LogP contribution < -0.4 is 16.0 Å². The Balaban J connectivity index is 2.22. The third kappa shape index (κ3) is 3.03. The summed E-state index contributed by atoms with van der Waals surface area (Å²) in [5, 5.41) is 4.26.